The van der Waals surface area contributed by atoms with Crippen molar-refractivity contribution in [2.24, 2.45) is 5.92 Å². The number of allylic oxidation sites excluding steroid dienone is 1. The van der Waals surface area contributed by atoms with Crippen molar-refractivity contribution in [3.63, 3.8) is 0 Å². The van der Waals surface area contributed by atoms with E-state index in [-0.39, 0.29) is 18.5 Å². The van der Waals surface area contributed by atoms with Crippen LogP contribution in [0, 0.1) is 5.92 Å². The van der Waals surface area contributed by atoms with Crippen LogP contribution < -0.4 is 0 Å². The second kappa shape index (κ2) is 10.3. The van der Waals surface area contributed by atoms with Gasteiger partial charge in [-0.3, -0.25) is 4.79 Å². The molecule has 0 amide bonds. The molecule has 17 heavy (non-hydrogen) atoms. The molecule has 0 bridgehead atoms. The summed E-state index contributed by atoms with van der Waals surface area (Å²) >= 11 is 0. The molecule has 0 rings (SSSR count). The monoisotopic (exact) mass is 242 g/mol. The maximum Gasteiger partial charge on any atom is 0.308 e. The Balaban J connectivity index is 3.37. The van der Waals surface area contributed by atoms with Gasteiger partial charge < -0.3 is 9.84 Å². The molecule has 0 fully saturated rings. The Morgan fingerprint density at radius 2 is 1.94 bits per heavy atom. The molecule has 0 aromatic rings. The van der Waals surface area contributed by atoms with Crippen LogP contribution in [0.15, 0.2) is 12.7 Å². The molecule has 1 N–H and O–H groups in total. The first-order valence-electron chi connectivity index (χ1n) is 6.53. The predicted molar refractivity (Wildman–Crippen MR) is 69.7 cm³/mol. The van der Waals surface area contributed by atoms with E-state index in [9.17, 15) is 9.90 Å². The maximum absolute atomic E-state index is 11.2. The highest BCUT2D eigenvalue weighted by atomic mass is 16.5. The number of hydrogen-bond acceptors (Lipinski definition) is 3. The van der Waals surface area contributed by atoms with Gasteiger partial charge in [-0.15, -0.1) is 6.58 Å². The Labute approximate surface area is 105 Å². The summed E-state index contributed by atoms with van der Waals surface area (Å²) in [7, 11) is 0. The molecule has 0 spiro atoms. The third-order valence-corrected chi connectivity index (χ3v) is 2.58. The lowest BCUT2D eigenvalue weighted by Crippen LogP contribution is -2.21. The molecule has 0 aromatic carbocycles. The summed E-state index contributed by atoms with van der Waals surface area (Å²) in [5.74, 6) is -0.365. The van der Waals surface area contributed by atoms with E-state index in [0.717, 1.165) is 19.3 Å². The third-order valence-electron chi connectivity index (χ3n) is 2.58. The second-order valence-corrected chi connectivity index (χ2v) is 4.72. The van der Waals surface area contributed by atoms with Crippen LogP contribution in [-0.2, 0) is 9.53 Å². The topological polar surface area (TPSA) is 46.5 Å². The number of aliphatic hydroxyl groups is 1. The summed E-state index contributed by atoms with van der Waals surface area (Å²) in [5, 5.41) is 9.59. The SMILES string of the molecule is C=CCCCCCCC(O)COC(=O)C(C)C. The van der Waals surface area contributed by atoms with E-state index in [1.807, 2.05) is 6.08 Å². The first kappa shape index (κ1) is 16.2. The van der Waals surface area contributed by atoms with E-state index in [0.29, 0.717) is 6.42 Å². The predicted octanol–water partition coefficient (Wildman–Crippen LogP) is 3.07. The molecular formula is C14H26O3. The Morgan fingerprint density at radius 1 is 1.29 bits per heavy atom. The Bertz CT molecular complexity index is 212. The number of carbonyl (C=O) groups is 1. The second-order valence-electron chi connectivity index (χ2n) is 4.72. The first-order valence-corrected chi connectivity index (χ1v) is 6.53. The zero-order valence-corrected chi connectivity index (χ0v) is 11.2. The zero-order chi connectivity index (χ0) is 13.1. The number of hydrogen-bond donors (Lipinski definition) is 1. The molecule has 1 atom stereocenters. The van der Waals surface area contributed by atoms with E-state index in [2.05, 4.69) is 6.58 Å². The molecule has 0 saturated carbocycles. The van der Waals surface area contributed by atoms with Crippen LogP contribution in [-0.4, -0.2) is 23.8 Å². The van der Waals surface area contributed by atoms with Gasteiger partial charge in [-0.05, 0) is 19.3 Å². The summed E-state index contributed by atoms with van der Waals surface area (Å²) in [6.45, 7) is 7.37. The van der Waals surface area contributed by atoms with Crippen molar-refractivity contribution < 1.29 is 14.6 Å². The first-order chi connectivity index (χ1) is 8.07. The van der Waals surface area contributed by atoms with Gasteiger partial charge in [-0.1, -0.05) is 39.2 Å². The van der Waals surface area contributed by atoms with E-state index in [1.54, 1.807) is 13.8 Å². The van der Waals surface area contributed by atoms with E-state index < -0.39 is 6.10 Å². The fraction of sp³-hybridized carbons (Fsp3) is 0.786. The molecule has 0 radical (unpaired) electrons. The van der Waals surface area contributed by atoms with E-state index >= 15 is 0 Å². The van der Waals surface area contributed by atoms with Crippen molar-refractivity contribution in [2.75, 3.05) is 6.61 Å². The fourth-order valence-corrected chi connectivity index (χ4v) is 1.45. The Morgan fingerprint density at radius 3 is 2.53 bits per heavy atom. The number of carbonyl (C=O) groups excluding carboxylic acids is 1. The van der Waals surface area contributed by atoms with Gasteiger partial charge in [0.05, 0.1) is 12.0 Å². The molecule has 3 heteroatoms. The van der Waals surface area contributed by atoms with Crippen molar-refractivity contribution in [2.45, 2.75) is 58.5 Å². The minimum atomic E-state index is -0.517. The van der Waals surface area contributed by atoms with Gasteiger partial charge in [0.25, 0.3) is 0 Å². The molecule has 0 aliphatic heterocycles. The molecule has 0 saturated heterocycles. The number of rotatable bonds is 10. The minimum absolute atomic E-state index is 0.124. The number of aliphatic hydroxyl groups excluding tert-OH is 1. The van der Waals surface area contributed by atoms with Gasteiger partial charge >= 0.3 is 5.97 Å². The highest BCUT2D eigenvalue weighted by molar-refractivity contribution is 5.71. The molecular weight excluding hydrogens is 216 g/mol. The van der Waals surface area contributed by atoms with Crippen LogP contribution in [0.2, 0.25) is 0 Å². The lowest BCUT2D eigenvalue weighted by atomic mass is 10.1. The highest BCUT2D eigenvalue weighted by Crippen LogP contribution is 2.08. The summed E-state index contributed by atoms with van der Waals surface area (Å²) in [5.41, 5.74) is 0. The highest BCUT2D eigenvalue weighted by Gasteiger charge is 2.11. The van der Waals surface area contributed by atoms with Gasteiger partial charge in [0.1, 0.15) is 6.61 Å². The van der Waals surface area contributed by atoms with Crippen molar-refractivity contribution in [3.8, 4) is 0 Å². The van der Waals surface area contributed by atoms with Crippen LogP contribution in [0.25, 0.3) is 0 Å². The summed E-state index contributed by atoms with van der Waals surface area (Å²) < 4.78 is 4.96. The number of esters is 1. The van der Waals surface area contributed by atoms with Gasteiger partial charge in [-0.25, -0.2) is 0 Å². The van der Waals surface area contributed by atoms with E-state index in [4.69, 9.17) is 4.74 Å². The maximum atomic E-state index is 11.2. The molecule has 0 heterocycles. The van der Waals surface area contributed by atoms with Crippen LogP contribution in [0.3, 0.4) is 0 Å². The third kappa shape index (κ3) is 10.1. The van der Waals surface area contributed by atoms with Crippen LogP contribution in [0.5, 0.6) is 0 Å². The quantitative estimate of drug-likeness (QED) is 0.364. The molecule has 0 aliphatic carbocycles. The summed E-state index contributed by atoms with van der Waals surface area (Å²) in [6.07, 6.45) is 7.62. The molecule has 0 aliphatic rings. The molecule has 100 valence electrons. The van der Waals surface area contributed by atoms with Crippen molar-refractivity contribution >= 4 is 5.97 Å². The van der Waals surface area contributed by atoms with Gasteiger partial charge in [0, 0.05) is 0 Å². The van der Waals surface area contributed by atoms with Crippen LogP contribution >= 0.6 is 0 Å². The average molecular weight is 242 g/mol. The summed E-state index contributed by atoms with van der Waals surface area (Å²) in [6, 6.07) is 0. The number of unbranched alkanes of at least 4 members (excludes halogenated alkanes) is 4. The van der Waals surface area contributed by atoms with E-state index in [1.165, 1.54) is 12.8 Å². The van der Waals surface area contributed by atoms with Gasteiger partial charge in [0.2, 0.25) is 0 Å². The smallest absolute Gasteiger partial charge is 0.308 e. The Kier molecular flexibility index (Phi) is 9.83. The standard InChI is InChI=1S/C14H26O3/c1-4-5-6-7-8-9-10-13(15)11-17-14(16)12(2)3/h4,12-13,15H,1,5-11H2,2-3H3. The zero-order valence-electron chi connectivity index (χ0n) is 11.2. The van der Waals surface area contributed by atoms with Crippen molar-refractivity contribution in [1.29, 1.82) is 0 Å². The van der Waals surface area contributed by atoms with Gasteiger partial charge in [0.15, 0.2) is 0 Å². The van der Waals surface area contributed by atoms with Gasteiger partial charge in [-0.2, -0.15) is 0 Å². The largest absolute Gasteiger partial charge is 0.463 e. The molecule has 0 aromatic heterocycles. The Hall–Kier alpha value is -0.830. The molecule has 1 unspecified atom stereocenters. The van der Waals surface area contributed by atoms with Crippen molar-refractivity contribution in [1.82, 2.24) is 0 Å². The van der Waals surface area contributed by atoms with Crippen molar-refractivity contribution in [3.05, 3.63) is 12.7 Å². The minimum Gasteiger partial charge on any atom is -0.463 e. The molecule has 3 nitrogen and oxygen atoms in total. The van der Waals surface area contributed by atoms with Crippen LogP contribution in [0.1, 0.15) is 52.4 Å². The van der Waals surface area contributed by atoms with Crippen LogP contribution in [0.4, 0.5) is 0 Å². The number of ether oxygens (including phenoxy) is 1. The summed E-state index contributed by atoms with van der Waals surface area (Å²) in [4.78, 5) is 11.2. The lowest BCUT2D eigenvalue weighted by molar-refractivity contribution is -0.150. The normalized spacial score (nSPS) is 12.5. The average Bonchev–Trinajstić information content (AvgIpc) is 2.30. The fourth-order valence-electron chi connectivity index (χ4n) is 1.45. The lowest BCUT2D eigenvalue weighted by Gasteiger charge is -2.12.